The van der Waals surface area contributed by atoms with Crippen molar-refractivity contribution in [2.24, 2.45) is 5.92 Å². The number of aryl methyl sites for hydroxylation is 1. The number of piperidine rings is 1. The number of fused-ring (bicyclic) bond motifs is 3. The van der Waals surface area contributed by atoms with E-state index in [9.17, 15) is 9.90 Å². The van der Waals surface area contributed by atoms with Gasteiger partial charge < -0.3 is 14.7 Å². The molecule has 2 aliphatic heterocycles. The van der Waals surface area contributed by atoms with Gasteiger partial charge in [-0.25, -0.2) is 4.98 Å². The van der Waals surface area contributed by atoms with E-state index in [1.54, 1.807) is 10.9 Å². The predicted octanol–water partition coefficient (Wildman–Crippen LogP) is 5.70. The average Bonchev–Trinajstić information content (AvgIpc) is 3.66. The summed E-state index contributed by atoms with van der Waals surface area (Å²) >= 11 is 1.34. The molecule has 1 saturated carbocycles. The Bertz CT molecular complexity index is 1430. The second-order valence-corrected chi connectivity index (χ2v) is 12.7. The fourth-order valence-electron chi connectivity index (χ4n) is 6.74. The minimum absolute atomic E-state index is 0.0867. The summed E-state index contributed by atoms with van der Waals surface area (Å²) in [6.07, 6.45) is 14.0. The van der Waals surface area contributed by atoms with E-state index in [1.807, 2.05) is 19.1 Å². The lowest BCUT2D eigenvalue weighted by Crippen LogP contribution is -2.43. The molecule has 206 valence electrons. The molecule has 6 rings (SSSR count). The van der Waals surface area contributed by atoms with Crippen LogP contribution >= 0.6 is 11.3 Å². The molecule has 2 bridgehead atoms. The monoisotopic (exact) mass is 545 g/mol. The van der Waals surface area contributed by atoms with E-state index >= 15 is 0 Å². The standard InChI is InChI=1S/C32H39N3O3S/c1-3-26(36)13-14-28-19-29-31(39-28)32(37)35(20-33-29)25-12-15-30(22(16-25)9-8-21-6-4-5-7-21)38-27-17-23-10-11-24(18-27)34(23)2/h12,15-16,19-21,23-24,26-27,36H,3-11,17-18H2,1-2H3/t23-,24+,26?,27?. The molecule has 3 aliphatic rings. The molecule has 2 unspecified atom stereocenters. The summed E-state index contributed by atoms with van der Waals surface area (Å²) < 4.78 is 8.95. The van der Waals surface area contributed by atoms with Crippen LogP contribution in [-0.2, 0) is 6.42 Å². The number of hydrogen-bond donors (Lipinski definition) is 1. The Kier molecular flexibility index (Phi) is 7.79. The van der Waals surface area contributed by atoms with Crippen molar-refractivity contribution in [1.29, 1.82) is 0 Å². The van der Waals surface area contributed by atoms with Gasteiger partial charge in [-0.15, -0.1) is 11.3 Å². The third-order valence-electron chi connectivity index (χ3n) is 9.15. The highest BCUT2D eigenvalue weighted by Crippen LogP contribution is 2.37. The minimum Gasteiger partial charge on any atom is -0.490 e. The fraction of sp³-hybridized carbons (Fsp3) is 0.562. The molecular formula is C32H39N3O3S. The number of aromatic nitrogens is 2. The summed E-state index contributed by atoms with van der Waals surface area (Å²) in [5.41, 5.74) is 2.59. The van der Waals surface area contributed by atoms with Crippen molar-refractivity contribution in [3.05, 3.63) is 51.4 Å². The lowest BCUT2D eigenvalue weighted by molar-refractivity contribution is 0.0655. The molecule has 2 saturated heterocycles. The van der Waals surface area contributed by atoms with Crippen molar-refractivity contribution >= 4 is 21.6 Å². The van der Waals surface area contributed by atoms with Gasteiger partial charge in [-0.1, -0.05) is 44.4 Å². The van der Waals surface area contributed by atoms with Gasteiger partial charge in [-0.2, -0.15) is 0 Å². The van der Waals surface area contributed by atoms with Gasteiger partial charge in [0.25, 0.3) is 5.56 Å². The Morgan fingerprint density at radius 3 is 2.67 bits per heavy atom. The molecule has 0 amide bonds. The smallest absolute Gasteiger partial charge is 0.275 e. The van der Waals surface area contributed by atoms with E-state index in [2.05, 4.69) is 40.9 Å². The summed E-state index contributed by atoms with van der Waals surface area (Å²) in [6, 6.07) is 9.33. The van der Waals surface area contributed by atoms with Crippen molar-refractivity contribution in [3.63, 3.8) is 0 Å². The SMILES string of the molecule is CCC(O)C#Cc1cc2ncn(-c3ccc(OC4C[C@H]5CC[C@@H](C4)N5C)c(CCC4CCCC4)c3)c(=O)c2s1. The predicted molar refractivity (Wildman–Crippen MR) is 157 cm³/mol. The number of aliphatic hydroxyl groups is 1. The van der Waals surface area contributed by atoms with Crippen LogP contribution in [0.5, 0.6) is 5.75 Å². The summed E-state index contributed by atoms with van der Waals surface area (Å²) in [5, 5.41) is 9.78. The third-order valence-corrected chi connectivity index (χ3v) is 10.2. The van der Waals surface area contributed by atoms with Gasteiger partial charge in [0.2, 0.25) is 0 Å². The van der Waals surface area contributed by atoms with Crippen LogP contribution in [0.4, 0.5) is 0 Å². The highest BCUT2D eigenvalue weighted by atomic mass is 32.1. The van der Waals surface area contributed by atoms with E-state index in [0.717, 1.165) is 41.5 Å². The summed E-state index contributed by atoms with van der Waals surface area (Å²) in [6.45, 7) is 1.89. The molecule has 3 fully saturated rings. The Morgan fingerprint density at radius 2 is 1.92 bits per heavy atom. The maximum atomic E-state index is 13.5. The van der Waals surface area contributed by atoms with E-state index in [-0.39, 0.29) is 11.7 Å². The zero-order chi connectivity index (χ0) is 26.9. The van der Waals surface area contributed by atoms with Gasteiger partial charge in [0.15, 0.2) is 0 Å². The fourth-order valence-corrected chi connectivity index (χ4v) is 7.64. The number of thiophene rings is 1. The van der Waals surface area contributed by atoms with Crippen molar-refractivity contribution in [1.82, 2.24) is 14.5 Å². The van der Waals surface area contributed by atoms with E-state index in [4.69, 9.17) is 4.74 Å². The maximum absolute atomic E-state index is 13.5. The number of nitrogens with zero attached hydrogens (tertiary/aromatic N) is 3. The Labute approximate surface area is 235 Å². The number of aliphatic hydroxyl groups excluding tert-OH is 1. The van der Waals surface area contributed by atoms with Crippen molar-refractivity contribution in [3.8, 4) is 23.3 Å². The molecule has 1 aromatic carbocycles. The number of ether oxygens (including phenoxy) is 1. The van der Waals surface area contributed by atoms with Crippen LogP contribution in [0.15, 0.2) is 35.4 Å². The van der Waals surface area contributed by atoms with Crippen LogP contribution in [0.25, 0.3) is 15.9 Å². The van der Waals surface area contributed by atoms with Crippen molar-refractivity contribution < 1.29 is 9.84 Å². The number of rotatable bonds is 7. The van der Waals surface area contributed by atoms with Gasteiger partial charge in [0.1, 0.15) is 29.0 Å². The molecule has 0 spiro atoms. The van der Waals surface area contributed by atoms with Gasteiger partial charge in [-0.05, 0) is 87.7 Å². The van der Waals surface area contributed by atoms with Gasteiger partial charge in [-0.3, -0.25) is 9.36 Å². The Morgan fingerprint density at radius 1 is 1.15 bits per heavy atom. The van der Waals surface area contributed by atoms with Gasteiger partial charge in [0, 0.05) is 12.1 Å². The molecular weight excluding hydrogens is 506 g/mol. The topological polar surface area (TPSA) is 67.6 Å². The number of benzene rings is 1. The first-order valence-electron chi connectivity index (χ1n) is 14.7. The van der Waals surface area contributed by atoms with Crippen LogP contribution in [-0.4, -0.2) is 50.9 Å². The highest BCUT2D eigenvalue weighted by Gasteiger charge is 2.39. The van der Waals surface area contributed by atoms with Crippen LogP contribution in [0.1, 0.15) is 81.6 Å². The maximum Gasteiger partial charge on any atom is 0.275 e. The molecule has 3 aromatic rings. The third kappa shape index (κ3) is 5.66. The second-order valence-electron chi connectivity index (χ2n) is 11.7. The van der Waals surface area contributed by atoms with Crippen LogP contribution in [0, 0.1) is 17.8 Å². The van der Waals surface area contributed by atoms with E-state index < -0.39 is 6.10 Å². The molecule has 4 heterocycles. The first-order chi connectivity index (χ1) is 19.0. The van der Waals surface area contributed by atoms with E-state index in [0.29, 0.717) is 28.7 Å². The highest BCUT2D eigenvalue weighted by molar-refractivity contribution is 7.19. The van der Waals surface area contributed by atoms with Crippen LogP contribution in [0.3, 0.4) is 0 Å². The van der Waals surface area contributed by atoms with Crippen LogP contribution < -0.4 is 10.3 Å². The van der Waals surface area contributed by atoms with Crippen molar-refractivity contribution in [2.75, 3.05) is 7.05 Å². The normalized spacial score (nSPS) is 24.1. The van der Waals surface area contributed by atoms with Gasteiger partial charge >= 0.3 is 0 Å². The Balaban J connectivity index is 1.29. The summed E-state index contributed by atoms with van der Waals surface area (Å²) in [5.74, 6) is 7.60. The molecule has 7 heteroatoms. The molecule has 2 aromatic heterocycles. The minimum atomic E-state index is -0.659. The summed E-state index contributed by atoms with van der Waals surface area (Å²) in [7, 11) is 2.26. The lowest BCUT2D eigenvalue weighted by Gasteiger charge is -2.36. The van der Waals surface area contributed by atoms with Crippen LogP contribution in [0.2, 0.25) is 0 Å². The zero-order valence-corrected chi connectivity index (χ0v) is 23.9. The first-order valence-corrected chi connectivity index (χ1v) is 15.5. The largest absolute Gasteiger partial charge is 0.490 e. The average molecular weight is 546 g/mol. The lowest BCUT2D eigenvalue weighted by atomic mass is 9.97. The number of hydrogen-bond acceptors (Lipinski definition) is 6. The molecule has 4 atom stereocenters. The molecule has 1 aliphatic carbocycles. The van der Waals surface area contributed by atoms with Crippen molar-refractivity contribution in [2.45, 2.75) is 102 Å². The summed E-state index contributed by atoms with van der Waals surface area (Å²) in [4.78, 5) is 21.4. The molecule has 1 N–H and O–H groups in total. The first kappa shape index (κ1) is 26.6. The van der Waals surface area contributed by atoms with Gasteiger partial charge in [0.05, 0.1) is 16.1 Å². The van der Waals surface area contributed by atoms with E-state index in [1.165, 1.54) is 61.8 Å². The Hall–Kier alpha value is -2.66. The zero-order valence-electron chi connectivity index (χ0n) is 23.1. The molecule has 39 heavy (non-hydrogen) atoms. The molecule has 0 radical (unpaired) electrons. The second kappa shape index (κ2) is 11.4. The quantitative estimate of drug-likeness (QED) is 0.386. The molecule has 6 nitrogen and oxygen atoms in total.